The second kappa shape index (κ2) is 8.61. The summed E-state index contributed by atoms with van der Waals surface area (Å²) in [5.41, 5.74) is 0.844. The van der Waals surface area contributed by atoms with Crippen molar-refractivity contribution < 1.29 is 18.1 Å². The van der Waals surface area contributed by atoms with E-state index in [2.05, 4.69) is 10.0 Å². The van der Waals surface area contributed by atoms with E-state index in [4.69, 9.17) is 0 Å². The summed E-state index contributed by atoms with van der Waals surface area (Å²) in [5.74, 6) is -0.205. The van der Waals surface area contributed by atoms with Crippen molar-refractivity contribution >= 4 is 21.6 Å². The van der Waals surface area contributed by atoms with Crippen LogP contribution in [0.2, 0.25) is 0 Å². The molecule has 0 spiro atoms. The average Bonchev–Trinajstić information content (AvgIpc) is 2.67. The second-order valence-electron chi connectivity index (χ2n) is 8.11. The lowest BCUT2D eigenvalue weighted by Crippen LogP contribution is -3.22. The Balaban J connectivity index is 1.73. The summed E-state index contributed by atoms with van der Waals surface area (Å²) in [7, 11) is -3.43. The van der Waals surface area contributed by atoms with Gasteiger partial charge in [0.15, 0.2) is 0 Å². The molecule has 3 N–H and O–H groups in total. The molecule has 2 fully saturated rings. The fraction of sp³-hybridized carbons (Fsp3) is 0.650. The zero-order valence-electron chi connectivity index (χ0n) is 16.2. The number of hydrogen-bond donors (Lipinski definition) is 3. The van der Waals surface area contributed by atoms with Crippen molar-refractivity contribution in [2.45, 2.75) is 56.9 Å². The third kappa shape index (κ3) is 5.23. The molecule has 0 bridgehead atoms. The molecule has 7 heteroatoms. The van der Waals surface area contributed by atoms with Crippen LogP contribution in [0.4, 0.5) is 5.69 Å². The summed E-state index contributed by atoms with van der Waals surface area (Å²) in [6, 6.07) is 6.78. The van der Waals surface area contributed by atoms with Gasteiger partial charge >= 0.3 is 0 Å². The Bertz CT molecular complexity index is 751. The Labute approximate surface area is 162 Å². The van der Waals surface area contributed by atoms with Crippen molar-refractivity contribution in [3.63, 3.8) is 0 Å². The zero-order chi connectivity index (χ0) is 19.3. The lowest BCUT2D eigenvalue weighted by molar-refractivity contribution is -0.957. The molecule has 1 heterocycles. The van der Waals surface area contributed by atoms with Gasteiger partial charge in [0.05, 0.1) is 37.1 Å². The smallest absolute Gasteiger partial charge is 0.253 e. The van der Waals surface area contributed by atoms with Crippen LogP contribution in [-0.4, -0.2) is 45.8 Å². The van der Waals surface area contributed by atoms with Gasteiger partial charge in [-0.1, -0.05) is 18.6 Å². The number of anilines is 1. The van der Waals surface area contributed by atoms with Crippen LogP contribution >= 0.6 is 0 Å². The minimum atomic E-state index is -3.43. The molecule has 1 aliphatic carbocycles. The Kier molecular flexibility index (Phi) is 6.42. The van der Waals surface area contributed by atoms with Gasteiger partial charge in [0.2, 0.25) is 10.0 Å². The van der Waals surface area contributed by atoms with E-state index in [-0.39, 0.29) is 11.4 Å². The number of carbonyl (C=O) groups excluding carboxylic acids is 1. The number of quaternary nitrogens is 1. The fourth-order valence-electron chi connectivity index (χ4n) is 4.71. The SMILES string of the molecule is CS(=O)(=O)Nc1ccccc1C(=O)NCC1([NH+]2CCCCC2)CCCCC1. The van der Waals surface area contributed by atoms with Crippen molar-refractivity contribution in [3.05, 3.63) is 29.8 Å². The van der Waals surface area contributed by atoms with Gasteiger partial charge in [-0.2, -0.15) is 0 Å². The summed E-state index contributed by atoms with van der Waals surface area (Å²) >= 11 is 0. The van der Waals surface area contributed by atoms with Crippen LogP contribution in [0.5, 0.6) is 0 Å². The Morgan fingerprint density at radius 2 is 1.67 bits per heavy atom. The average molecular weight is 395 g/mol. The number of benzene rings is 1. The second-order valence-corrected chi connectivity index (χ2v) is 9.86. The predicted octanol–water partition coefficient (Wildman–Crippen LogP) is 1.56. The minimum absolute atomic E-state index is 0.132. The van der Waals surface area contributed by atoms with Gasteiger partial charge in [-0.3, -0.25) is 9.52 Å². The largest absolute Gasteiger partial charge is 0.346 e. The first-order valence-electron chi connectivity index (χ1n) is 10.1. The number of rotatable bonds is 6. The molecule has 1 amide bonds. The number of nitrogens with one attached hydrogen (secondary N) is 3. The maximum atomic E-state index is 12.9. The topological polar surface area (TPSA) is 79.7 Å². The van der Waals surface area contributed by atoms with Crippen molar-refractivity contribution in [1.29, 1.82) is 0 Å². The summed E-state index contributed by atoms with van der Waals surface area (Å²) in [6.45, 7) is 3.05. The van der Waals surface area contributed by atoms with E-state index < -0.39 is 10.0 Å². The maximum Gasteiger partial charge on any atom is 0.253 e. The molecule has 27 heavy (non-hydrogen) atoms. The first-order valence-corrected chi connectivity index (χ1v) is 12.0. The Hall–Kier alpha value is -1.60. The van der Waals surface area contributed by atoms with E-state index in [0.29, 0.717) is 17.8 Å². The summed E-state index contributed by atoms with van der Waals surface area (Å²) < 4.78 is 25.6. The maximum absolute atomic E-state index is 12.9. The summed E-state index contributed by atoms with van der Waals surface area (Å²) in [4.78, 5) is 14.5. The van der Waals surface area contributed by atoms with Gasteiger partial charge in [-0.15, -0.1) is 0 Å². The highest BCUT2D eigenvalue weighted by Crippen LogP contribution is 2.26. The van der Waals surface area contributed by atoms with E-state index in [1.54, 1.807) is 29.2 Å². The zero-order valence-corrected chi connectivity index (χ0v) is 17.0. The number of likely N-dealkylation sites (tertiary alicyclic amines) is 1. The third-order valence-corrected chi connectivity index (χ3v) is 6.66. The first kappa shape index (κ1) is 20.1. The van der Waals surface area contributed by atoms with Crippen LogP contribution in [0.15, 0.2) is 24.3 Å². The molecule has 6 nitrogen and oxygen atoms in total. The van der Waals surface area contributed by atoms with Gasteiger partial charge in [0, 0.05) is 12.8 Å². The van der Waals surface area contributed by atoms with E-state index in [1.165, 1.54) is 51.6 Å². The Morgan fingerprint density at radius 1 is 1.04 bits per heavy atom. The van der Waals surface area contributed by atoms with Crippen molar-refractivity contribution in [2.24, 2.45) is 0 Å². The summed E-state index contributed by atoms with van der Waals surface area (Å²) in [6.07, 6.45) is 11.0. The van der Waals surface area contributed by atoms with Gasteiger partial charge in [-0.25, -0.2) is 8.42 Å². The van der Waals surface area contributed by atoms with Gasteiger partial charge in [-0.05, 0) is 44.2 Å². The third-order valence-electron chi connectivity index (χ3n) is 6.07. The van der Waals surface area contributed by atoms with Crippen molar-refractivity contribution in [3.8, 4) is 0 Å². The Morgan fingerprint density at radius 3 is 2.33 bits per heavy atom. The molecular formula is C20H32N3O3S+. The molecule has 1 aromatic rings. The minimum Gasteiger partial charge on any atom is -0.346 e. The molecule has 0 aromatic heterocycles. The van der Waals surface area contributed by atoms with Crippen LogP contribution in [0, 0.1) is 0 Å². The molecule has 1 saturated carbocycles. The molecular weight excluding hydrogens is 362 g/mol. The van der Waals surface area contributed by atoms with Crippen LogP contribution in [0.3, 0.4) is 0 Å². The number of amides is 1. The standard InChI is InChI=1S/C20H31N3O3S/c1-27(25,26)22-18-11-5-4-10-17(18)19(24)21-16-20(12-6-2-7-13-20)23-14-8-3-9-15-23/h4-5,10-11,22H,2-3,6-9,12-16H2,1H3,(H,21,24)/p+1. The number of hydrogen-bond acceptors (Lipinski definition) is 3. The quantitative estimate of drug-likeness (QED) is 0.685. The van der Waals surface area contributed by atoms with Crippen LogP contribution in [-0.2, 0) is 10.0 Å². The van der Waals surface area contributed by atoms with E-state index in [9.17, 15) is 13.2 Å². The summed E-state index contributed by atoms with van der Waals surface area (Å²) in [5, 5.41) is 3.14. The highest BCUT2D eigenvalue weighted by atomic mass is 32.2. The van der Waals surface area contributed by atoms with Crippen molar-refractivity contribution in [1.82, 2.24) is 5.32 Å². The molecule has 1 aromatic carbocycles. The normalized spacial score (nSPS) is 20.8. The predicted molar refractivity (Wildman–Crippen MR) is 108 cm³/mol. The van der Waals surface area contributed by atoms with Gasteiger partial charge < -0.3 is 10.2 Å². The van der Waals surface area contributed by atoms with Crippen molar-refractivity contribution in [2.75, 3.05) is 30.6 Å². The highest BCUT2D eigenvalue weighted by molar-refractivity contribution is 7.92. The lowest BCUT2D eigenvalue weighted by Gasteiger charge is -2.45. The highest BCUT2D eigenvalue weighted by Gasteiger charge is 2.42. The molecule has 1 aliphatic heterocycles. The number of piperidine rings is 1. The van der Waals surface area contributed by atoms with E-state index >= 15 is 0 Å². The van der Waals surface area contributed by atoms with E-state index in [1.807, 2.05) is 0 Å². The number of sulfonamides is 1. The molecule has 150 valence electrons. The molecule has 3 rings (SSSR count). The molecule has 0 unspecified atom stereocenters. The lowest BCUT2D eigenvalue weighted by atomic mass is 9.79. The number of carbonyl (C=O) groups is 1. The first-order chi connectivity index (χ1) is 12.9. The number of para-hydroxylation sites is 1. The monoisotopic (exact) mass is 394 g/mol. The van der Waals surface area contributed by atoms with Crippen LogP contribution in [0.1, 0.15) is 61.7 Å². The van der Waals surface area contributed by atoms with Crippen LogP contribution in [0.25, 0.3) is 0 Å². The molecule has 1 saturated heterocycles. The fourth-order valence-corrected chi connectivity index (χ4v) is 5.28. The van der Waals surface area contributed by atoms with E-state index in [0.717, 1.165) is 19.1 Å². The molecule has 0 radical (unpaired) electrons. The van der Waals surface area contributed by atoms with Gasteiger partial charge in [0.1, 0.15) is 5.54 Å². The van der Waals surface area contributed by atoms with Crippen LogP contribution < -0.4 is 14.9 Å². The molecule has 2 aliphatic rings. The molecule has 0 atom stereocenters. The van der Waals surface area contributed by atoms with Gasteiger partial charge in [0.25, 0.3) is 5.91 Å².